The van der Waals surface area contributed by atoms with Crippen LogP contribution in [0.5, 0.6) is 0 Å². The Kier molecular flexibility index (Phi) is 33.7. The minimum absolute atomic E-state index is 0.0503. The normalized spacial score (nSPS) is 15.8. The van der Waals surface area contributed by atoms with E-state index in [1.807, 2.05) is 81.1 Å². The summed E-state index contributed by atoms with van der Waals surface area (Å²) in [5.41, 5.74) is 26.2. The fourth-order valence-corrected chi connectivity index (χ4v) is 9.84. The number of amides is 2. The smallest absolute Gasteiger partial charge is 0.243 e. The van der Waals surface area contributed by atoms with Crippen molar-refractivity contribution in [2.45, 2.75) is 196 Å². The van der Waals surface area contributed by atoms with Gasteiger partial charge in [0.2, 0.25) is 11.8 Å². The second kappa shape index (κ2) is 37.6. The number of benzene rings is 2. The zero-order valence-electron chi connectivity index (χ0n) is 52.4. The van der Waals surface area contributed by atoms with Crippen molar-refractivity contribution in [2.75, 3.05) is 6.54 Å². The first-order valence-electron chi connectivity index (χ1n) is 29.5. The van der Waals surface area contributed by atoms with Crippen LogP contribution in [0.2, 0.25) is 0 Å². The molecule has 0 aromatic heterocycles. The Morgan fingerprint density at radius 2 is 1.09 bits per heavy atom. The standard InChI is InChI=1S/C34H59N5O2.C24H36N2O2.C11H15N/c1-21(2)18-24(7)26(9)36-31(19-22(3)4)27(10)37-32(20-23(5)6)34(41)38-30(16-15-25(8)35)28(11)39-17-13-14-33(39)29(12)40;1-16(2)21(17(3)4)15-23(27)22(14-20-10-8-7-9-11-20)26-24(28)18(5)12-13-19(6)25;1-9(2)11(12)8-10-6-4-3-5-7-10/h21-22,24,30-33,36-37H,5,8-11,13-20,35H2,1-4,6-7,12H3,(H,38,41);7-11,17-18,21-22H,1,6,12-15,25H2,2-5H3,(H,26,28);3-7,11H,1,8,12H2,2H3. The van der Waals surface area contributed by atoms with Crippen molar-refractivity contribution in [1.29, 1.82) is 0 Å². The molecule has 1 aliphatic rings. The highest BCUT2D eigenvalue weighted by molar-refractivity contribution is 5.90. The largest absolute Gasteiger partial charge is 0.403 e. The number of nitrogens with one attached hydrogen (secondary N) is 4. The number of hydrogen-bond donors (Lipinski definition) is 7. The summed E-state index contributed by atoms with van der Waals surface area (Å²) < 4.78 is 0. The molecule has 0 aliphatic carbocycles. The molecule has 9 atom stereocenters. The van der Waals surface area contributed by atoms with Crippen LogP contribution in [-0.4, -0.2) is 71.1 Å². The predicted octanol–water partition coefficient (Wildman–Crippen LogP) is 12.5. The average molecular weight is 1120 g/mol. The summed E-state index contributed by atoms with van der Waals surface area (Å²) in [4.78, 5) is 53.9. The van der Waals surface area contributed by atoms with Gasteiger partial charge < -0.3 is 43.4 Å². The lowest BCUT2D eigenvalue weighted by Gasteiger charge is -2.34. The molecule has 9 unspecified atom stereocenters. The SMILES string of the molecule is C=C(C)C(N)Cc1ccccc1.C=C(C)CC(NC(=C)C(CC(C)C)NC(=C)C(C)CC(C)C)C(=O)NC(CCC(=C)N)C(=C)N1CCCC1C(C)=O.C=C(N)CCC(C)C(=O)NC(Cc1ccccc1)C(=O)CC(C(=C)C)C(C)C. The second-order valence-electron chi connectivity index (χ2n) is 24.3. The Hall–Kier alpha value is -6.40. The number of carbonyl (C=O) groups excluding carboxylic acids is 4. The van der Waals surface area contributed by atoms with E-state index in [0.717, 1.165) is 78.0 Å². The lowest BCUT2D eigenvalue weighted by atomic mass is 9.83. The summed E-state index contributed by atoms with van der Waals surface area (Å²) in [6, 6.07) is 18.3. The molecule has 2 aromatic rings. The Labute approximate surface area is 491 Å². The maximum atomic E-state index is 13.8. The minimum Gasteiger partial charge on any atom is -0.403 e. The third-order valence-electron chi connectivity index (χ3n) is 14.8. The van der Waals surface area contributed by atoms with E-state index in [1.54, 1.807) is 6.92 Å². The van der Waals surface area contributed by atoms with Gasteiger partial charge in [-0.15, -0.1) is 6.58 Å². The van der Waals surface area contributed by atoms with E-state index in [2.05, 4.69) is 134 Å². The third-order valence-corrected chi connectivity index (χ3v) is 14.8. The number of likely N-dealkylation sites (tertiary alicyclic amines) is 1. The number of carbonyl (C=O) groups is 4. The molecule has 10 N–H and O–H groups in total. The van der Waals surface area contributed by atoms with Gasteiger partial charge in [0.1, 0.15) is 6.04 Å². The topological polar surface area (TPSA) is 198 Å². The zero-order chi connectivity index (χ0) is 61.7. The Bertz CT molecular complexity index is 2390. The number of allylic oxidation sites excluding steroid dienone is 4. The fourth-order valence-electron chi connectivity index (χ4n) is 9.84. The van der Waals surface area contributed by atoms with Gasteiger partial charge in [-0.2, -0.15) is 0 Å². The Balaban J connectivity index is 0.000000700. The average Bonchev–Trinajstić information content (AvgIpc) is 3.91. The molecule has 81 heavy (non-hydrogen) atoms. The van der Waals surface area contributed by atoms with Crippen molar-refractivity contribution in [2.24, 2.45) is 52.7 Å². The molecule has 12 heteroatoms. The highest BCUT2D eigenvalue weighted by Crippen LogP contribution is 2.27. The van der Waals surface area contributed by atoms with Gasteiger partial charge in [-0.1, -0.05) is 179 Å². The van der Waals surface area contributed by atoms with E-state index in [1.165, 1.54) is 5.56 Å². The number of ketones is 2. The van der Waals surface area contributed by atoms with Crippen LogP contribution in [0.1, 0.15) is 158 Å². The van der Waals surface area contributed by atoms with Crippen LogP contribution in [0.25, 0.3) is 0 Å². The molecule has 450 valence electrons. The lowest BCUT2D eigenvalue weighted by Crippen LogP contribution is -2.52. The van der Waals surface area contributed by atoms with Crippen molar-refractivity contribution < 1.29 is 19.2 Å². The van der Waals surface area contributed by atoms with E-state index in [0.29, 0.717) is 80.0 Å². The molecule has 0 radical (unpaired) electrons. The Morgan fingerprint density at radius 1 is 0.580 bits per heavy atom. The molecular formula is C69H110N8O4. The van der Waals surface area contributed by atoms with E-state index in [-0.39, 0.29) is 59.4 Å². The maximum absolute atomic E-state index is 13.8. The number of rotatable bonds is 35. The van der Waals surface area contributed by atoms with Crippen LogP contribution in [0.15, 0.2) is 158 Å². The molecule has 2 amide bonds. The predicted molar refractivity (Wildman–Crippen MR) is 343 cm³/mol. The first kappa shape index (κ1) is 72.6. The summed E-state index contributed by atoms with van der Waals surface area (Å²) in [5, 5.41) is 13.2. The van der Waals surface area contributed by atoms with Crippen molar-refractivity contribution >= 4 is 23.4 Å². The molecule has 3 rings (SSSR count). The molecule has 1 heterocycles. The van der Waals surface area contributed by atoms with Crippen molar-refractivity contribution in [3.8, 4) is 0 Å². The number of nitrogens with zero attached hydrogens (tertiary/aromatic N) is 1. The summed E-state index contributed by atoms with van der Waals surface area (Å²) in [6.07, 6.45) is 8.11. The maximum Gasteiger partial charge on any atom is 0.243 e. The molecule has 0 spiro atoms. The number of hydrogen-bond acceptors (Lipinski definition) is 10. The van der Waals surface area contributed by atoms with Crippen LogP contribution in [0, 0.1) is 35.5 Å². The fraction of sp³-hybridized carbons (Fsp3) is 0.536. The van der Waals surface area contributed by atoms with Crippen LogP contribution < -0.4 is 38.5 Å². The summed E-state index contributed by atoms with van der Waals surface area (Å²) in [5.74, 6) is 1.39. The highest BCUT2D eigenvalue weighted by atomic mass is 16.2. The van der Waals surface area contributed by atoms with Gasteiger partial charge in [0.05, 0.1) is 24.2 Å². The van der Waals surface area contributed by atoms with Gasteiger partial charge in [0.25, 0.3) is 0 Å². The first-order chi connectivity index (χ1) is 37.8. The van der Waals surface area contributed by atoms with E-state index >= 15 is 0 Å². The lowest BCUT2D eigenvalue weighted by molar-refractivity contribution is -0.130. The van der Waals surface area contributed by atoms with Gasteiger partial charge in [0.15, 0.2) is 11.6 Å². The van der Waals surface area contributed by atoms with E-state index in [9.17, 15) is 19.2 Å². The third kappa shape index (κ3) is 29.2. The van der Waals surface area contributed by atoms with Gasteiger partial charge in [-0.3, -0.25) is 19.2 Å². The van der Waals surface area contributed by atoms with Gasteiger partial charge in [-0.25, -0.2) is 0 Å². The van der Waals surface area contributed by atoms with Gasteiger partial charge in [-0.05, 0) is 139 Å². The van der Waals surface area contributed by atoms with Gasteiger partial charge >= 0.3 is 0 Å². The van der Waals surface area contributed by atoms with E-state index < -0.39 is 12.1 Å². The Morgan fingerprint density at radius 3 is 1.56 bits per heavy atom. The molecule has 1 saturated heterocycles. The summed E-state index contributed by atoms with van der Waals surface area (Å²) in [7, 11) is 0. The van der Waals surface area contributed by atoms with E-state index in [4.69, 9.17) is 17.2 Å². The van der Waals surface area contributed by atoms with Crippen LogP contribution >= 0.6 is 0 Å². The molecule has 0 bridgehead atoms. The van der Waals surface area contributed by atoms with Crippen LogP contribution in [-0.2, 0) is 32.0 Å². The molecular weight excluding hydrogens is 1000 g/mol. The highest BCUT2D eigenvalue weighted by Gasteiger charge is 2.34. The molecule has 2 aromatic carbocycles. The molecule has 1 fully saturated rings. The molecule has 0 saturated carbocycles. The second-order valence-corrected chi connectivity index (χ2v) is 24.3. The molecule has 1 aliphatic heterocycles. The molecule has 12 nitrogen and oxygen atoms in total. The quantitative estimate of drug-likeness (QED) is 0.0326. The van der Waals surface area contributed by atoms with Crippen molar-refractivity contribution in [3.05, 3.63) is 170 Å². The van der Waals surface area contributed by atoms with Crippen LogP contribution in [0.4, 0.5) is 0 Å². The van der Waals surface area contributed by atoms with Crippen molar-refractivity contribution in [3.63, 3.8) is 0 Å². The van der Waals surface area contributed by atoms with Crippen molar-refractivity contribution in [1.82, 2.24) is 26.2 Å². The number of Topliss-reactive ketones (excluding diaryl/α,β-unsaturated/α-hetero) is 2. The minimum atomic E-state index is -0.573. The monoisotopic (exact) mass is 1110 g/mol. The summed E-state index contributed by atoms with van der Waals surface area (Å²) >= 11 is 0. The van der Waals surface area contributed by atoms with Gasteiger partial charge in [0, 0.05) is 53.4 Å². The summed E-state index contributed by atoms with van der Waals surface area (Å²) in [6.45, 7) is 57.7. The first-order valence-corrected chi connectivity index (χ1v) is 29.5. The van der Waals surface area contributed by atoms with Crippen LogP contribution in [0.3, 0.4) is 0 Å². The zero-order valence-corrected chi connectivity index (χ0v) is 52.4. The number of nitrogens with two attached hydrogens (primary N) is 3.